The normalized spacial score (nSPS) is 10.0. The van der Waals surface area contributed by atoms with E-state index in [9.17, 15) is 0 Å². The van der Waals surface area contributed by atoms with Crippen LogP contribution in [0.15, 0.2) is 45.3 Å². The Morgan fingerprint density at radius 2 is 1.86 bits per heavy atom. The SMILES string of the molecule is C#CCOc1ccc(Br)cc1CNc1cc(Br)ccc1Cl. The van der Waals surface area contributed by atoms with Gasteiger partial charge in [-0.05, 0) is 36.4 Å². The third-order valence-electron chi connectivity index (χ3n) is 2.73. The summed E-state index contributed by atoms with van der Waals surface area (Å²) in [5, 5.41) is 3.97. The third-order valence-corrected chi connectivity index (χ3v) is 4.05. The lowest BCUT2D eigenvalue weighted by molar-refractivity contribution is 0.366. The smallest absolute Gasteiger partial charge is 0.148 e. The summed E-state index contributed by atoms with van der Waals surface area (Å²) >= 11 is 13.1. The summed E-state index contributed by atoms with van der Waals surface area (Å²) in [5.74, 6) is 3.23. The van der Waals surface area contributed by atoms with Crippen LogP contribution in [-0.4, -0.2) is 6.61 Å². The summed E-state index contributed by atoms with van der Waals surface area (Å²) in [7, 11) is 0. The topological polar surface area (TPSA) is 21.3 Å². The highest BCUT2D eigenvalue weighted by Crippen LogP contribution is 2.28. The Labute approximate surface area is 146 Å². The molecule has 1 N–H and O–H groups in total. The van der Waals surface area contributed by atoms with Crippen molar-refractivity contribution in [2.45, 2.75) is 6.54 Å². The lowest BCUT2D eigenvalue weighted by Crippen LogP contribution is -2.04. The molecule has 0 radical (unpaired) electrons. The van der Waals surface area contributed by atoms with Gasteiger partial charge in [0.2, 0.25) is 0 Å². The van der Waals surface area contributed by atoms with Crippen LogP contribution in [0.4, 0.5) is 5.69 Å². The lowest BCUT2D eigenvalue weighted by Gasteiger charge is -2.13. The van der Waals surface area contributed by atoms with Gasteiger partial charge in [0.15, 0.2) is 0 Å². The Kier molecular flexibility index (Phi) is 5.98. The number of rotatable bonds is 5. The second-order valence-electron chi connectivity index (χ2n) is 4.22. The second kappa shape index (κ2) is 7.74. The number of terminal acetylenes is 1. The van der Waals surface area contributed by atoms with Crippen molar-refractivity contribution in [3.63, 3.8) is 0 Å². The van der Waals surface area contributed by atoms with Crippen molar-refractivity contribution in [2.24, 2.45) is 0 Å². The minimum atomic E-state index is 0.242. The van der Waals surface area contributed by atoms with Gasteiger partial charge in [0.25, 0.3) is 0 Å². The highest BCUT2D eigenvalue weighted by molar-refractivity contribution is 9.10. The van der Waals surface area contributed by atoms with Crippen molar-refractivity contribution in [3.05, 3.63) is 55.9 Å². The van der Waals surface area contributed by atoms with E-state index in [2.05, 4.69) is 43.1 Å². The summed E-state index contributed by atoms with van der Waals surface area (Å²) in [6.07, 6.45) is 5.24. The van der Waals surface area contributed by atoms with Crippen LogP contribution >= 0.6 is 43.5 Å². The molecule has 0 unspecified atom stereocenters. The Morgan fingerprint density at radius 3 is 2.62 bits per heavy atom. The van der Waals surface area contributed by atoms with Crippen molar-refractivity contribution < 1.29 is 4.74 Å². The minimum Gasteiger partial charge on any atom is -0.481 e. The molecule has 2 nitrogen and oxygen atoms in total. The largest absolute Gasteiger partial charge is 0.481 e. The van der Waals surface area contributed by atoms with Gasteiger partial charge in [-0.3, -0.25) is 0 Å². The van der Waals surface area contributed by atoms with Gasteiger partial charge in [-0.2, -0.15) is 0 Å². The van der Waals surface area contributed by atoms with Gasteiger partial charge in [-0.15, -0.1) is 6.42 Å². The predicted octanol–water partition coefficient (Wildman–Crippen LogP) is 5.49. The second-order valence-corrected chi connectivity index (χ2v) is 6.46. The van der Waals surface area contributed by atoms with Crippen molar-refractivity contribution >= 4 is 49.1 Å². The van der Waals surface area contributed by atoms with Crippen LogP contribution in [0.1, 0.15) is 5.56 Å². The Bertz CT molecular complexity index is 682. The number of benzene rings is 2. The molecule has 0 aromatic heterocycles. The first-order valence-corrected chi connectivity index (χ1v) is 8.10. The lowest BCUT2D eigenvalue weighted by atomic mass is 10.2. The molecule has 0 saturated carbocycles. The Morgan fingerprint density at radius 1 is 1.14 bits per heavy atom. The number of nitrogens with one attached hydrogen (secondary N) is 1. The van der Waals surface area contributed by atoms with E-state index in [1.165, 1.54) is 0 Å². The van der Waals surface area contributed by atoms with Crippen molar-refractivity contribution in [1.82, 2.24) is 0 Å². The van der Waals surface area contributed by atoms with Gasteiger partial charge in [0.05, 0.1) is 10.7 Å². The molecule has 21 heavy (non-hydrogen) atoms. The van der Waals surface area contributed by atoms with E-state index >= 15 is 0 Å². The molecule has 0 bridgehead atoms. The third kappa shape index (κ3) is 4.67. The van der Waals surface area contributed by atoms with Crippen molar-refractivity contribution in [3.8, 4) is 18.1 Å². The van der Waals surface area contributed by atoms with Crippen LogP contribution in [-0.2, 0) is 6.54 Å². The van der Waals surface area contributed by atoms with Gasteiger partial charge in [-0.25, -0.2) is 0 Å². The molecule has 0 amide bonds. The zero-order valence-corrected chi connectivity index (χ0v) is 14.9. The molecule has 5 heteroatoms. The number of hydrogen-bond acceptors (Lipinski definition) is 2. The molecule has 2 aromatic carbocycles. The van der Waals surface area contributed by atoms with E-state index < -0.39 is 0 Å². The first-order valence-electron chi connectivity index (χ1n) is 6.14. The number of hydrogen-bond donors (Lipinski definition) is 1. The van der Waals surface area contributed by atoms with Gasteiger partial charge in [0, 0.05) is 21.1 Å². The monoisotopic (exact) mass is 427 g/mol. The fraction of sp³-hybridized carbons (Fsp3) is 0.125. The summed E-state index contributed by atoms with van der Waals surface area (Å²) in [5.41, 5.74) is 1.85. The highest BCUT2D eigenvalue weighted by atomic mass is 79.9. The molecule has 0 aliphatic rings. The van der Waals surface area contributed by atoms with E-state index in [1.807, 2.05) is 36.4 Å². The molecule has 0 spiro atoms. The zero-order chi connectivity index (χ0) is 15.2. The van der Waals surface area contributed by atoms with E-state index in [0.29, 0.717) is 11.6 Å². The van der Waals surface area contributed by atoms with Gasteiger partial charge < -0.3 is 10.1 Å². The average molecular weight is 430 g/mol. The van der Waals surface area contributed by atoms with Crippen LogP contribution in [0.3, 0.4) is 0 Å². The van der Waals surface area contributed by atoms with E-state index in [-0.39, 0.29) is 6.61 Å². The molecule has 0 aliphatic carbocycles. The molecule has 0 heterocycles. The Balaban J connectivity index is 2.17. The highest BCUT2D eigenvalue weighted by Gasteiger charge is 2.06. The van der Waals surface area contributed by atoms with Gasteiger partial charge in [0.1, 0.15) is 12.4 Å². The first-order chi connectivity index (χ1) is 10.1. The maximum atomic E-state index is 6.17. The predicted molar refractivity (Wildman–Crippen MR) is 94.9 cm³/mol. The average Bonchev–Trinajstić information content (AvgIpc) is 2.47. The Hall–Kier alpha value is -1.15. The maximum absolute atomic E-state index is 6.17. The number of ether oxygens (including phenoxy) is 1. The quantitative estimate of drug-likeness (QED) is 0.635. The molecule has 0 fully saturated rings. The number of anilines is 1. The molecule has 0 saturated heterocycles. The van der Waals surface area contributed by atoms with E-state index in [4.69, 9.17) is 22.8 Å². The molecule has 0 aliphatic heterocycles. The van der Waals surface area contributed by atoms with Crippen LogP contribution in [0.5, 0.6) is 5.75 Å². The summed E-state index contributed by atoms with van der Waals surface area (Å²) in [4.78, 5) is 0. The van der Waals surface area contributed by atoms with Crippen LogP contribution < -0.4 is 10.1 Å². The molecule has 2 rings (SSSR count). The van der Waals surface area contributed by atoms with E-state index in [0.717, 1.165) is 25.9 Å². The van der Waals surface area contributed by atoms with Crippen LogP contribution in [0.2, 0.25) is 5.02 Å². The van der Waals surface area contributed by atoms with Crippen molar-refractivity contribution in [1.29, 1.82) is 0 Å². The van der Waals surface area contributed by atoms with Gasteiger partial charge in [-0.1, -0.05) is 49.4 Å². The van der Waals surface area contributed by atoms with Crippen LogP contribution in [0, 0.1) is 12.3 Å². The molecular formula is C16H12Br2ClNO. The van der Waals surface area contributed by atoms with E-state index in [1.54, 1.807) is 0 Å². The minimum absolute atomic E-state index is 0.242. The summed E-state index contributed by atoms with van der Waals surface area (Å²) < 4.78 is 7.49. The van der Waals surface area contributed by atoms with Crippen molar-refractivity contribution in [2.75, 3.05) is 11.9 Å². The maximum Gasteiger partial charge on any atom is 0.148 e. The summed E-state index contributed by atoms with van der Waals surface area (Å²) in [6.45, 7) is 0.821. The number of halogens is 3. The molecule has 2 aromatic rings. The standard InChI is InChI=1S/C16H12Br2ClNO/c1-2-7-21-16-6-4-12(17)8-11(16)10-20-15-9-13(18)3-5-14(15)19/h1,3-6,8-9,20H,7,10H2. The fourth-order valence-corrected chi connectivity index (χ4v) is 2.72. The van der Waals surface area contributed by atoms with Crippen LogP contribution in [0.25, 0.3) is 0 Å². The fourth-order valence-electron chi connectivity index (χ4n) is 1.77. The molecular weight excluding hydrogens is 417 g/mol. The summed E-state index contributed by atoms with van der Waals surface area (Å²) in [6, 6.07) is 11.5. The first kappa shape index (κ1) is 16.2. The van der Waals surface area contributed by atoms with Gasteiger partial charge >= 0.3 is 0 Å². The molecule has 108 valence electrons. The molecule has 0 atom stereocenters. The zero-order valence-electron chi connectivity index (χ0n) is 11.0.